The van der Waals surface area contributed by atoms with Gasteiger partial charge in [0.15, 0.2) is 0 Å². The third kappa shape index (κ3) is 4.62. The zero-order valence-electron chi connectivity index (χ0n) is 12.1. The number of aliphatic hydroxyl groups excluding tert-OH is 1. The van der Waals surface area contributed by atoms with Gasteiger partial charge in [-0.05, 0) is 30.9 Å². The first-order valence-electron chi connectivity index (χ1n) is 7.35. The molecule has 2 N–H and O–H groups in total. The molecule has 110 valence electrons. The molecule has 2 atom stereocenters. The molecule has 0 saturated carbocycles. The van der Waals surface area contributed by atoms with E-state index in [4.69, 9.17) is 0 Å². The molecule has 1 fully saturated rings. The van der Waals surface area contributed by atoms with Crippen molar-refractivity contribution in [3.05, 3.63) is 35.9 Å². The minimum atomic E-state index is -0.435. The number of nitrogens with one attached hydrogen (secondary N) is 1. The first-order chi connectivity index (χ1) is 9.65. The van der Waals surface area contributed by atoms with Gasteiger partial charge >= 0.3 is 0 Å². The monoisotopic (exact) mass is 276 g/mol. The highest BCUT2D eigenvalue weighted by molar-refractivity contribution is 5.72. The second-order valence-electron chi connectivity index (χ2n) is 5.63. The fraction of sp³-hybridized carbons (Fsp3) is 0.562. The Hall–Kier alpha value is -1.39. The van der Waals surface area contributed by atoms with Crippen LogP contribution in [0.2, 0.25) is 0 Å². The molecule has 1 aliphatic heterocycles. The van der Waals surface area contributed by atoms with E-state index in [0.717, 1.165) is 38.0 Å². The van der Waals surface area contributed by atoms with E-state index in [9.17, 15) is 9.90 Å². The number of amides is 1. The maximum Gasteiger partial charge on any atom is 0.216 e. The van der Waals surface area contributed by atoms with Gasteiger partial charge in [0, 0.05) is 26.6 Å². The summed E-state index contributed by atoms with van der Waals surface area (Å²) >= 11 is 0. The van der Waals surface area contributed by atoms with E-state index in [1.807, 2.05) is 30.3 Å². The van der Waals surface area contributed by atoms with Crippen LogP contribution in [0.3, 0.4) is 0 Å². The number of rotatable bonds is 5. The Morgan fingerprint density at radius 1 is 1.45 bits per heavy atom. The Labute approximate surface area is 120 Å². The van der Waals surface area contributed by atoms with Gasteiger partial charge in [0.1, 0.15) is 0 Å². The molecule has 0 radical (unpaired) electrons. The molecule has 1 heterocycles. The molecular weight excluding hydrogens is 252 g/mol. The molecule has 0 spiro atoms. The van der Waals surface area contributed by atoms with Gasteiger partial charge in [-0.1, -0.05) is 30.3 Å². The van der Waals surface area contributed by atoms with Crippen LogP contribution in [0.4, 0.5) is 0 Å². The van der Waals surface area contributed by atoms with Crippen molar-refractivity contribution in [2.24, 2.45) is 5.92 Å². The van der Waals surface area contributed by atoms with Gasteiger partial charge < -0.3 is 15.3 Å². The maximum atomic E-state index is 11.0. The van der Waals surface area contributed by atoms with E-state index >= 15 is 0 Å². The molecule has 0 bridgehead atoms. The van der Waals surface area contributed by atoms with E-state index in [1.165, 1.54) is 0 Å². The smallest absolute Gasteiger partial charge is 0.216 e. The fourth-order valence-corrected chi connectivity index (χ4v) is 2.80. The van der Waals surface area contributed by atoms with E-state index in [2.05, 4.69) is 10.2 Å². The Morgan fingerprint density at radius 2 is 2.20 bits per heavy atom. The van der Waals surface area contributed by atoms with Crippen LogP contribution in [0, 0.1) is 5.92 Å². The number of carbonyl (C=O) groups excluding carboxylic acids is 1. The summed E-state index contributed by atoms with van der Waals surface area (Å²) in [7, 11) is 0. The molecule has 1 aromatic rings. The highest BCUT2D eigenvalue weighted by Crippen LogP contribution is 2.20. The van der Waals surface area contributed by atoms with Crippen molar-refractivity contribution in [2.75, 3.05) is 26.2 Å². The number of likely N-dealkylation sites (tertiary alicyclic amines) is 1. The molecule has 0 aliphatic carbocycles. The van der Waals surface area contributed by atoms with Crippen molar-refractivity contribution in [3.63, 3.8) is 0 Å². The van der Waals surface area contributed by atoms with Gasteiger partial charge in [0.25, 0.3) is 0 Å². The Morgan fingerprint density at radius 3 is 2.90 bits per heavy atom. The molecular formula is C16H24N2O2. The zero-order chi connectivity index (χ0) is 14.4. The van der Waals surface area contributed by atoms with Crippen molar-refractivity contribution in [3.8, 4) is 0 Å². The molecule has 0 aromatic heterocycles. The quantitative estimate of drug-likeness (QED) is 0.858. The number of piperidine rings is 1. The maximum absolute atomic E-state index is 11.0. The minimum Gasteiger partial charge on any atom is -0.387 e. The molecule has 2 rings (SSSR count). The number of benzene rings is 1. The second kappa shape index (κ2) is 7.41. The topological polar surface area (TPSA) is 52.6 Å². The van der Waals surface area contributed by atoms with Crippen molar-refractivity contribution < 1.29 is 9.90 Å². The lowest BCUT2D eigenvalue weighted by Gasteiger charge is -2.34. The number of hydrogen-bond acceptors (Lipinski definition) is 3. The number of nitrogens with zero attached hydrogens (tertiary/aromatic N) is 1. The third-order valence-electron chi connectivity index (χ3n) is 3.86. The first-order valence-corrected chi connectivity index (χ1v) is 7.35. The molecule has 1 saturated heterocycles. The van der Waals surface area contributed by atoms with Crippen LogP contribution in [0.25, 0.3) is 0 Å². The Balaban J connectivity index is 1.82. The fourth-order valence-electron chi connectivity index (χ4n) is 2.80. The zero-order valence-corrected chi connectivity index (χ0v) is 12.1. The van der Waals surface area contributed by atoms with Crippen LogP contribution >= 0.6 is 0 Å². The summed E-state index contributed by atoms with van der Waals surface area (Å²) in [6.07, 6.45) is 1.85. The summed E-state index contributed by atoms with van der Waals surface area (Å²) < 4.78 is 0. The highest BCUT2D eigenvalue weighted by atomic mass is 16.3. The number of carbonyl (C=O) groups is 1. The van der Waals surface area contributed by atoms with Crippen LogP contribution < -0.4 is 5.32 Å². The van der Waals surface area contributed by atoms with E-state index in [1.54, 1.807) is 6.92 Å². The lowest BCUT2D eigenvalue weighted by atomic mass is 9.97. The van der Waals surface area contributed by atoms with Gasteiger partial charge in [0.2, 0.25) is 5.91 Å². The molecule has 2 unspecified atom stereocenters. The average molecular weight is 276 g/mol. The van der Waals surface area contributed by atoms with Crippen LogP contribution in [0.1, 0.15) is 31.4 Å². The summed E-state index contributed by atoms with van der Waals surface area (Å²) in [5, 5.41) is 13.2. The van der Waals surface area contributed by atoms with Gasteiger partial charge in [0.05, 0.1) is 6.10 Å². The van der Waals surface area contributed by atoms with E-state index in [-0.39, 0.29) is 5.91 Å². The lowest BCUT2D eigenvalue weighted by Crippen LogP contribution is -2.42. The lowest BCUT2D eigenvalue weighted by molar-refractivity contribution is -0.119. The SMILES string of the molecule is CC(=O)NCC1CCCN(CC(O)c2ccccc2)C1. The standard InChI is InChI=1S/C16H24N2O2/c1-13(19)17-10-14-6-5-9-18(11-14)12-16(20)15-7-3-2-4-8-15/h2-4,7-8,14,16,20H,5-6,9-12H2,1H3,(H,17,19). The molecule has 4 nitrogen and oxygen atoms in total. The normalized spacial score (nSPS) is 21.4. The summed E-state index contributed by atoms with van der Waals surface area (Å²) in [6, 6.07) is 9.79. The summed E-state index contributed by atoms with van der Waals surface area (Å²) in [5.74, 6) is 0.530. The van der Waals surface area contributed by atoms with Gasteiger partial charge in [-0.3, -0.25) is 4.79 Å². The molecule has 1 amide bonds. The first kappa shape index (κ1) is 15.0. The predicted molar refractivity (Wildman–Crippen MR) is 79.2 cm³/mol. The number of hydrogen-bond donors (Lipinski definition) is 2. The van der Waals surface area contributed by atoms with Gasteiger partial charge in [-0.15, -0.1) is 0 Å². The van der Waals surface area contributed by atoms with Crippen LogP contribution in [-0.4, -0.2) is 42.1 Å². The Kier molecular flexibility index (Phi) is 5.56. The number of β-amino-alcohol motifs (C(OH)–C–C–N with tert-alkyl or cyclic N) is 1. The molecule has 4 heteroatoms. The second-order valence-corrected chi connectivity index (χ2v) is 5.63. The number of aliphatic hydroxyl groups is 1. The molecule has 1 aromatic carbocycles. The summed E-state index contributed by atoms with van der Waals surface area (Å²) in [5.41, 5.74) is 0.969. The van der Waals surface area contributed by atoms with Crippen LogP contribution in [-0.2, 0) is 4.79 Å². The minimum absolute atomic E-state index is 0.0337. The van der Waals surface area contributed by atoms with Crippen molar-refractivity contribution in [2.45, 2.75) is 25.9 Å². The Bertz CT molecular complexity index is 422. The predicted octanol–water partition coefficient (Wildman–Crippen LogP) is 1.57. The molecule has 20 heavy (non-hydrogen) atoms. The van der Waals surface area contributed by atoms with E-state index in [0.29, 0.717) is 12.5 Å². The van der Waals surface area contributed by atoms with Gasteiger partial charge in [-0.25, -0.2) is 0 Å². The largest absolute Gasteiger partial charge is 0.387 e. The van der Waals surface area contributed by atoms with Crippen LogP contribution in [0.5, 0.6) is 0 Å². The van der Waals surface area contributed by atoms with Crippen molar-refractivity contribution >= 4 is 5.91 Å². The third-order valence-corrected chi connectivity index (χ3v) is 3.86. The average Bonchev–Trinajstić information content (AvgIpc) is 2.46. The highest BCUT2D eigenvalue weighted by Gasteiger charge is 2.22. The summed E-state index contributed by atoms with van der Waals surface area (Å²) in [6.45, 7) is 4.94. The molecule has 1 aliphatic rings. The van der Waals surface area contributed by atoms with Crippen molar-refractivity contribution in [1.82, 2.24) is 10.2 Å². The van der Waals surface area contributed by atoms with E-state index < -0.39 is 6.10 Å². The van der Waals surface area contributed by atoms with Gasteiger partial charge in [-0.2, -0.15) is 0 Å². The van der Waals surface area contributed by atoms with Crippen molar-refractivity contribution in [1.29, 1.82) is 0 Å². The summed E-state index contributed by atoms with van der Waals surface area (Å²) in [4.78, 5) is 13.3. The van der Waals surface area contributed by atoms with Crippen LogP contribution in [0.15, 0.2) is 30.3 Å².